The van der Waals surface area contributed by atoms with Gasteiger partial charge in [0.15, 0.2) is 5.82 Å². The number of nitrogens with zero attached hydrogens (tertiary/aromatic N) is 4. The molecule has 4 heterocycles. The fourth-order valence-corrected chi connectivity index (χ4v) is 6.28. The Hall–Kier alpha value is -3.66. The molecule has 1 amide bonds. The van der Waals surface area contributed by atoms with Gasteiger partial charge in [0.25, 0.3) is 11.5 Å². The Labute approximate surface area is 250 Å². The smallest absolute Gasteiger partial charge is 0.274 e. The molecule has 4 aromatic rings. The maximum Gasteiger partial charge on any atom is 0.274 e. The van der Waals surface area contributed by atoms with Gasteiger partial charge in [-0.05, 0) is 80.0 Å². The molecule has 7 nitrogen and oxygen atoms in total. The van der Waals surface area contributed by atoms with E-state index < -0.39 is 28.7 Å². The average Bonchev–Trinajstić information content (AvgIpc) is 3.72. The maximum atomic E-state index is 16.3. The van der Waals surface area contributed by atoms with Crippen LogP contribution in [-0.4, -0.2) is 49.1 Å². The van der Waals surface area contributed by atoms with Crippen molar-refractivity contribution in [3.8, 4) is 16.9 Å². The monoisotopic (exact) mass is 610 g/mol. The Morgan fingerprint density at radius 1 is 1.07 bits per heavy atom. The Kier molecular flexibility index (Phi) is 6.95. The first-order valence-corrected chi connectivity index (χ1v) is 14.1. The fourth-order valence-electron chi connectivity index (χ4n) is 5.82. The summed E-state index contributed by atoms with van der Waals surface area (Å²) in [6, 6.07) is 7.68. The van der Waals surface area contributed by atoms with E-state index in [-0.39, 0.29) is 52.5 Å². The topological polar surface area (TPSA) is 88.3 Å². The lowest BCUT2D eigenvalue weighted by molar-refractivity contribution is -0.0670. The lowest BCUT2D eigenvalue weighted by Crippen LogP contribution is -2.61. The van der Waals surface area contributed by atoms with Gasteiger partial charge in [-0.25, -0.2) is 8.78 Å². The number of amides is 1. The van der Waals surface area contributed by atoms with Gasteiger partial charge in [-0.3, -0.25) is 24.1 Å². The summed E-state index contributed by atoms with van der Waals surface area (Å²) >= 11 is 12.7. The van der Waals surface area contributed by atoms with Crippen LogP contribution in [0.15, 0.2) is 53.7 Å². The van der Waals surface area contributed by atoms with Crippen LogP contribution in [0, 0.1) is 25.5 Å². The maximum absolute atomic E-state index is 16.3. The predicted octanol–water partition coefficient (Wildman–Crippen LogP) is 5.97. The van der Waals surface area contributed by atoms with E-state index in [0.717, 1.165) is 12.0 Å². The average molecular weight is 611 g/mol. The van der Waals surface area contributed by atoms with Crippen LogP contribution >= 0.6 is 23.2 Å². The molecule has 0 unspecified atom stereocenters. The summed E-state index contributed by atoms with van der Waals surface area (Å²) in [6.07, 6.45) is 5.41. The van der Waals surface area contributed by atoms with Gasteiger partial charge in [0, 0.05) is 29.8 Å². The van der Waals surface area contributed by atoms with Crippen LogP contribution < -0.4 is 5.56 Å². The summed E-state index contributed by atoms with van der Waals surface area (Å²) in [5.74, 6) is -2.39. The first-order valence-electron chi connectivity index (χ1n) is 13.4. The Morgan fingerprint density at radius 3 is 2.50 bits per heavy atom. The summed E-state index contributed by atoms with van der Waals surface area (Å²) in [7, 11) is 0. The van der Waals surface area contributed by atoms with Crippen molar-refractivity contribution >= 4 is 29.1 Å². The third-order valence-electron chi connectivity index (χ3n) is 7.94. The summed E-state index contributed by atoms with van der Waals surface area (Å²) in [6.45, 7) is 4.98. The number of aryl methyl sites for hydroxylation is 2. The molecular weight excluding hydrogens is 585 g/mol. The van der Waals surface area contributed by atoms with Crippen molar-refractivity contribution in [3.05, 3.63) is 109 Å². The highest BCUT2D eigenvalue weighted by atomic mass is 35.5. The normalized spacial score (nSPS) is 19.0. The number of β-amino-alcohol motifs (C(OH)–C–C–N with tert-alkyl or cyclic N) is 1. The van der Waals surface area contributed by atoms with Gasteiger partial charge >= 0.3 is 0 Å². The molecule has 11 heteroatoms. The first kappa shape index (κ1) is 28.5. The molecule has 1 saturated heterocycles. The highest BCUT2D eigenvalue weighted by Gasteiger charge is 2.42. The van der Waals surface area contributed by atoms with Gasteiger partial charge in [0.2, 0.25) is 0 Å². The molecular formula is C31H26Cl2F2N4O3. The number of carbonyl (C=O) groups excluding carboxylic acids is 1. The van der Waals surface area contributed by atoms with E-state index in [1.165, 1.54) is 33.9 Å². The second kappa shape index (κ2) is 10.3. The van der Waals surface area contributed by atoms with Gasteiger partial charge in [0.1, 0.15) is 16.5 Å². The van der Waals surface area contributed by atoms with Gasteiger partial charge in [-0.1, -0.05) is 29.3 Å². The van der Waals surface area contributed by atoms with Crippen molar-refractivity contribution in [2.45, 2.75) is 44.6 Å². The highest BCUT2D eigenvalue weighted by Crippen LogP contribution is 2.56. The van der Waals surface area contributed by atoms with Crippen LogP contribution in [0.4, 0.5) is 8.78 Å². The van der Waals surface area contributed by atoms with E-state index in [4.69, 9.17) is 23.2 Å². The van der Waals surface area contributed by atoms with Gasteiger partial charge < -0.3 is 10.0 Å². The molecule has 3 aromatic heterocycles. The van der Waals surface area contributed by atoms with Crippen molar-refractivity contribution in [1.29, 1.82) is 0 Å². The van der Waals surface area contributed by atoms with Crippen molar-refractivity contribution in [3.63, 3.8) is 0 Å². The summed E-state index contributed by atoms with van der Waals surface area (Å²) in [5.41, 5.74) is -0.163. The molecule has 2 fully saturated rings. The van der Waals surface area contributed by atoms with Crippen LogP contribution in [0.5, 0.6) is 0 Å². The van der Waals surface area contributed by atoms with Crippen LogP contribution in [0.3, 0.4) is 0 Å². The largest absolute Gasteiger partial charge is 0.386 e. The molecule has 1 N–H and O–H groups in total. The van der Waals surface area contributed by atoms with E-state index in [0.29, 0.717) is 21.8 Å². The standard InChI is InChI=1S/C31H26Cl2F2N4O3/c1-15-10-37-27(19-5-4-6-20(25(19)34)29(40)38-13-31(3,42)14-38)26(35)28(15)39-16(2)7-23(24(33)30(39)41)22-9-21(22)17-8-18(32)12-36-11-17/h4-8,10-12,21-22,42H,9,13-14H2,1-3H3/t21-,22+/m1/s1. The number of pyridine rings is 3. The third kappa shape index (κ3) is 4.79. The van der Waals surface area contributed by atoms with Crippen molar-refractivity contribution in [2.24, 2.45) is 0 Å². The van der Waals surface area contributed by atoms with Crippen LogP contribution in [0.2, 0.25) is 10.0 Å². The van der Waals surface area contributed by atoms with Gasteiger partial charge in [-0.15, -0.1) is 0 Å². The molecule has 2 aliphatic rings. The number of hydrogen-bond acceptors (Lipinski definition) is 5. The van der Waals surface area contributed by atoms with Crippen LogP contribution in [0.25, 0.3) is 16.9 Å². The third-order valence-corrected chi connectivity index (χ3v) is 8.53. The zero-order valence-electron chi connectivity index (χ0n) is 23.0. The zero-order valence-corrected chi connectivity index (χ0v) is 24.5. The molecule has 6 rings (SSSR count). The highest BCUT2D eigenvalue weighted by molar-refractivity contribution is 6.31. The molecule has 0 bridgehead atoms. The van der Waals surface area contributed by atoms with E-state index in [1.54, 1.807) is 39.2 Å². The van der Waals surface area contributed by atoms with Crippen molar-refractivity contribution in [1.82, 2.24) is 19.4 Å². The first-order chi connectivity index (χ1) is 19.9. The molecule has 1 aliphatic carbocycles. The van der Waals surface area contributed by atoms with Crippen molar-refractivity contribution < 1.29 is 18.7 Å². The van der Waals surface area contributed by atoms with Crippen LogP contribution in [-0.2, 0) is 0 Å². The number of carbonyl (C=O) groups is 1. The second-order valence-electron chi connectivity index (χ2n) is 11.4. The molecule has 1 aromatic carbocycles. The van der Waals surface area contributed by atoms with E-state index >= 15 is 8.78 Å². The molecule has 1 aliphatic heterocycles. The van der Waals surface area contributed by atoms with E-state index in [1.807, 2.05) is 6.07 Å². The molecule has 2 atom stereocenters. The SMILES string of the molecule is Cc1cnc(-c2cccc(C(=O)N3CC(C)(O)C3)c2F)c(F)c1-n1c(C)cc([C@H]2C[C@@H]2c2cncc(Cl)c2)c(Cl)c1=O. The zero-order chi connectivity index (χ0) is 30.1. The molecule has 0 radical (unpaired) electrons. The Balaban J connectivity index is 1.39. The summed E-state index contributed by atoms with van der Waals surface area (Å²) < 4.78 is 33.1. The number of aliphatic hydroxyl groups is 1. The minimum Gasteiger partial charge on any atom is -0.386 e. The molecule has 0 spiro atoms. The number of likely N-dealkylation sites (tertiary alicyclic amines) is 1. The molecule has 42 heavy (non-hydrogen) atoms. The Morgan fingerprint density at radius 2 is 1.81 bits per heavy atom. The predicted molar refractivity (Wildman–Crippen MR) is 156 cm³/mol. The number of hydrogen-bond donors (Lipinski definition) is 1. The van der Waals surface area contributed by atoms with Gasteiger partial charge in [0.05, 0.1) is 35.0 Å². The molecule has 1 saturated carbocycles. The summed E-state index contributed by atoms with van der Waals surface area (Å²) in [5, 5.41) is 10.5. The number of aromatic nitrogens is 3. The lowest BCUT2D eigenvalue weighted by Gasteiger charge is -2.44. The minimum atomic E-state index is -1.03. The van der Waals surface area contributed by atoms with Crippen molar-refractivity contribution in [2.75, 3.05) is 13.1 Å². The lowest BCUT2D eigenvalue weighted by atomic mass is 9.95. The molecule has 216 valence electrons. The van der Waals surface area contributed by atoms with Crippen LogP contribution in [0.1, 0.15) is 57.9 Å². The van der Waals surface area contributed by atoms with E-state index in [9.17, 15) is 14.7 Å². The van der Waals surface area contributed by atoms with E-state index in [2.05, 4.69) is 9.97 Å². The minimum absolute atomic E-state index is 0.0118. The number of benzene rings is 1. The Bertz CT molecular complexity index is 1830. The fraction of sp³-hybridized carbons (Fsp3) is 0.290. The van der Waals surface area contributed by atoms with Gasteiger partial charge in [-0.2, -0.15) is 0 Å². The number of rotatable bonds is 5. The number of halogens is 4. The second-order valence-corrected chi connectivity index (χ2v) is 12.2. The summed E-state index contributed by atoms with van der Waals surface area (Å²) in [4.78, 5) is 36.1. The quantitative estimate of drug-likeness (QED) is 0.300.